The first-order chi connectivity index (χ1) is 10.5. The normalized spacial score (nSPS) is 11.7. The number of furan rings is 1. The zero-order valence-electron chi connectivity index (χ0n) is 13.5. The van der Waals surface area contributed by atoms with Crippen molar-refractivity contribution in [2.45, 2.75) is 39.5 Å². The summed E-state index contributed by atoms with van der Waals surface area (Å²) in [4.78, 5) is 12.2. The van der Waals surface area contributed by atoms with Crippen molar-refractivity contribution in [1.29, 1.82) is 0 Å². The average molecular weight is 339 g/mol. The third-order valence-corrected chi connectivity index (χ3v) is 3.19. The molecule has 0 radical (unpaired) electrons. The first-order valence-electron chi connectivity index (χ1n) is 7.34. The van der Waals surface area contributed by atoms with Crippen molar-refractivity contribution in [3.8, 4) is 5.75 Å². The highest BCUT2D eigenvalue weighted by Crippen LogP contribution is 2.20. The number of hydrogen-bond donors (Lipinski definition) is 2. The van der Waals surface area contributed by atoms with Crippen molar-refractivity contribution in [2.24, 2.45) is 5.73 Å². The van der Waals surface area contributed by atoms with E-state index in [1.54, 1.807) is 6.07 Å². The van der Waals surface area contributed by atoms with E-state index in [9.17, 15) is 4.79 Å². The van der Waals surface area contributed by atoms with Crippen LogP contribution in [0.15, 0.2) is 41.0 Å². The van der Waals surface area contributed by atoms with E-state index in [-0.39, 0.29) is 37.0 Å². The maximum Gasteiger partial charge on any atom is 0.255 e. The molecule has 2 rings (SSSR count). The van der Waals surface area contributed by atoms with Crippen LogP contribution in [0.5, 0.6) is 5.75 Å². The summed E-state index contributed by atoms with van der Waals surface area (Å²) in [5, 5.41) is 2.94. The minimum Gasteiger partial charge on any atom is -0.491 e. The Morgan fingerprint density at radius 3 is 2.65 bits per heavy atom. The van der Waals surface area contributed by atoms with E-state index in [2.05, 4.69) is 5.32 Å². The van der Waals surface area contributed by atoms with Gasteiger partial charge in [0.1, 0.15) is 17.8 Å². The van der Waals surface area contributed by atoms with Gasteiger partial charge in [0.05, 0.1) is 24.3 Å². The molecular formula is C17H23ClN2O3. The van der Waals surface area contributed by atoms with Gasteiger partial charge in [0.25, 0.3) is 5.91 Å². The molecule has 1 heterocycles. The van der Waals surface area contributed by atoms with Gasteiger partial charge in [-0.05, 0) is 44.5 Å². The van der Waals surface area contributed by atoms with E-state index < -0.39 is 0 Å². The second-order valence-corrected chi connectivity index (χ2v) is 5.44. The number of benzene rings is 1. The molecule has 3 N–H and O–H groups in total. The largest absolute Gasteiger partial charge is 0.491 e. The van der Waals surface area contributed by atoms with Crippen LogP contribution < -0.4 is 15.8 Å². The fourth-order valence-electron chi connectivity index (χ4n) is 2.10. The van der Waals surface area contributed by atoms with E-state index in [0.717, 1.165) is 11.3 Å². The summed E-state index contributed by atoms with van der Waals surface area (Å²) in [6.45, 7) is 6.16. The summed E-state index contributed by atoms with van der Waals surface area (Å²) in [6.07, 6.45) is 1.53. The van der Waals surface area contributed by atoms with Gasteiger partial charge in [-0.1, -0.05) is 12.1 Å². The van der Waals surface area contributed by atoms with Crippen LogP contribution in [0.1, 0.15) is 48.5 Å². The monoisotopic (exact) mass is 338 g/mol. The molecule has 1 unspecified atom stereocenters. The fraction of sp³-hybridized carbons (Fsp3) is 0.353. The maximum atomic E-state index is 12.2. The molecule has 5 nitrogen and oxygen atoms in total. The second kappa shape index (κ2) is 8.60. The van der Waals surface area contributed by atoms with Gasteiger partial charge >= 0.3 is 0 Å². The highest BCUT2D eigenvalue weighted by atomic mass is 35.5. The zero-order valence-corrected chi connectivity index (χ0v) is 14.4. The molecule has 1 aromatic carbocycles. The smallest absolute Gasteiger partial charge is 0.255 e. The molecule has 126 valence electrons. The van der Waals surface area contributed by atoms with Crippen molar-refractivity contribution >= 4 is 18.3 Å². The number of ether oxygens (including phenoxy) is 1. The Morgan fingerprint density at radius 1 is 1.30 bits per heavy atom. The van der Waals surface area contributed by atoms with Gasteiger partial charge in [-0.15, -0.1) is 12.4 Å². The van der Waals surface area contributed by atoms with Crippen molar-refractivity contribution in [2.75, 3.05) is 0 Å². The fourth-order valence-corrected chi connectivity index (χ4v) is 2.10. The van der Waals surface area contributed by atoms with Gasteiger partial charge in [-0.3, -0.25) is 4.79 Å². The minimum absolute atomic E-state index is 0. The number of carbonyl (C=O) groups is 1. The van der Waals surface area contributed by atoms with Crippen LogP contribution in [0.3, 0.4) is 0 Å². The van der Waals surface area contributed by atoms with Crippen LogP contribution in [0.25, 0.3) is 0 Å². The summed E-state index contributed by atoms with van der Waals surface area (Å²) in [7, 11) is 0. The van der Waals surface area contributed by atoms with Gasteiger partial charge in [-0.2, -0.15) is 0 Å². The van der Waals surface area contributed by atoms with E-state index in [0.29, 0.717) is 11.3 Å². The average Bonchev–Trinajstić information content (AvgIpc) is 2.95. The molecule has 0 saturated heterocycles. The van der Waals surface area contributed by atoms with E-state index >= 15 is 0 Å². The van der Waals surface area contributed by atoms with Crippen LogP contribution >= 0.6 is 12.4 Å². The van der Waals surface area contributed by atoms with E-state index in [4.69, 9.17) is 14.9 Å². The van der Waals surface area contributed by atoms with Crippen LogP contribution in [0, 0.1) is 0 Å². The van der Waals surface area contributed by atoms with Crippen molar-refractivity contribution < 1.29 is 13.9 Å². The molecule has 0 aliphatic heterocycles. The molecule has 23 heavy (non-hydrogen) atoms. The molecule has 0 bridgehead atoms. The number of hydrogen-bond acceptors (Lipinski definition) is 4. The molecule has 1 amide bonds. The number of nitrogens with two attached hydrogens (primary N) is 1. The molecule has 6 heteroatoms. The molecule has 1 aromatic heterocycles. The zero-order chi connectivity index (χ0) is 16.1. The third-order valence-electron chi connectivity index (χ3n) is 3.19. The molecule has 0 saturated carbocycles. The number of nitrogens with one attached hydrogen (secondary N) is 1. The van der Waals surface area contributed by atoms with Crippen molar-refractivity contribution in [1.82, 2.24) is 5.32 Å². The Morgan fingerprint density at radius 2 is 2.04 bits per heavy atom. The molecule has 1 atom stereocenters. The standard InChI is InChI=1S/C17H22N2O3.ClH/c1-11(2)22-15-6-4-5-13(7-15)12(3)19-17(20)14-8-16(9-18)21-10-14;/h4-8,10-12H,9,18H2,1-3H3,(H,19,20);1H. The first kappa shape index (κ1) is 19.1. The summed E-state index contributed by atoms with van der Waals surface area (Å²) >= 11 is 0. The lowest BCUT2D eigenvalue weighted by Gasteiger charge is -2.16. The van der Waals surface area contributed by atoms with E-state index in [1.807, 2.05) is 45.0 Å². The van der Waals surface area contributed by atoms with E-state index in [1.165, 1.54) is 6.26 Å². The van der Waals surface area contributed by atoms with Gasteiger partial charge in [-0.25, -0.2) is 0 Å². The van der Waals surface area contributed by atoms with Crippen LogP contribution in [-0.2, 0) is 6.54 Å². The second-order valence-electron chi connectivity index (χ2n) is 5.44. The highest BCUT2D eigenvalue weighted by Gasteiger charge is 2.14. The Labute approximate surface area is 142 Å². The lowest BCUT2D eigenvalue weighted by atomic mass is 10.1. The highest BCUT2D eigenvalue weighted by molar-refractivity contribution is 5.94. The number of rotatable bonds is 6. The number of halogens is 1. The lowest BCUT2D eigenvalue weighted by molar-refractivity contribution is 0.0939. The predicted molar refractivity (Wildman–Crippen MR) is 91.9 cm³/mol. The SMILES string of the molecule is CC(C)Oc1cccc(C(C)NC(=O)c2coc(CN)c2)c1.Cl. The van der Waals surface area contributed by atoms with Crippen LogP contribution in [0.4, 0.5) is 0 Å². The quantitative estimate of drug-likeness (QED) is 0.845. The lowest BCUT2D eigenvalue weighted by Crippen LogP contribution is -2.26. The van der Waals surface area contributed by atoms with Gasteiger partial charge < -0.3 is 20.2 Å². The van der Waals surface area contributed by atoms with Crippen molar-refractivity contribution in [3.63, 3.8) is 0 Å². The summed E-state index contributed by atoms with van der Waals surface area (Å²) in [5.74, 6) is 1.19. The molecule has 0 spiro atoms. The minimum atomic E-state index is -0.189. The molecule has 0 aliphatic rings. The Kier molecular flexibility index (Phi) is 7.13. The summed E-state index contributed by atoms with van der Waals surface area (Å²) in [6, 6.07) is 9.23. The molecular weight excluding hydrogens is 316 g/mol. The van der Waals surface area contributed by atoms with Crippen molar-refractivity contribution in [3.05, 3.63) is 53.5 Å². The predicted octanol–water partition coefficient (Wildman–Crippen LogP) is 3.44. The molecule has 0 aliphatic carbocycles. The Hall–Kier alpha value is -1.98. The Balaban J connectivity index is 0.00000264. The van der Waals surface area contributed by atoms with Gasteiger partial charge in [0, 0.05) is 0 Å². The molecule has 2 aromatic rings. The summed E-state index contributed by atoms with van der Waals surface area (Å²) in [5.41, 5.74) is 6.93. The van der Waals surface area contributed by atoms with Crippen LogP contribution in [0.2, 0.25) is 0 Å². The van der Waals surface area contributed by atoms with Gasteiger partial charge in [0.2, 0.25) is 0 Å². The van der Waals surface area contributed by atoms with Gasteiger partial charge in [0.15, 0.2) is 0 Å². The Bertz CT molecular complexity index is 640. The maximum absolute atomic E-state index is 12.2. The topological polar surface area (TPSA) is 77.5 Å². The third kappa shape index (κ3) is 5.30. The first-order valence-corrected chi connectivity index (χ1v) is 7.34. The summed E-state index contributed by atoms with van der Waals surface area (Å²) < 4.78 is 10.9. The molecule has 0 fully saturated rings. The number of carbonyl (C=O) groups excluding carboxylic acids is 1. The number of amides is 1. The van der Waals surface area contributed by atoms with Crippen LogP contribution in [-0.4, -0.2) is 12.0 Å².